The first-order valence-corrected chi connectivity index (χ1v) is 1.77. The van der Waals surface area contributed by atoms with Gasteiger partial charge in [0.25, 0.3) is 0 Å². The van der Waals surface area contributed by atoms with Crippen LogP contribution in [0.2, 0.25) is 0 Å². The minimum Gasteiger partial charge on any atom is -0.412 e. The van der Waals surface area contributed by atoms with Crippen LogP contribution in [0.1, 0.15) is 0 Å². The highest BCUT2D eigenvalue weighted by Gasteiger charge is 2.28. The highest BCUT2D eigenvalue weighted by Crippen LogP contribution is 2.11. The second-order valence-corrected chi connectivity index (χ2v) is 1.46. The Kier molecular flexibility index (Phi) is 0.545. The van der Waals surface area contributed by atoms with Crippen molar-refractivity contribution in [3.63, 3.8) is 0 Å². The molecular formula is C2H6N4O. The van der Waals surface area contributed by atoms with Crippen molar-refractivity contribution in [1.82, 2.24) is 0 Å². The van der Waals surface area contributed by atoms with E-state index in [-0.39, 0.29) is 5.96 Å². The molecule has 1 aliphatic rings. The van der Waals surface area contributed by atoms with E-state index in [2.05, 4.69) is 10.1 Å². The lowest BCUT2D eigenvalue weighted by molar-refractivity contribution is -1.01. The van der Waals surface area contributed by atoms with Crippen LogP contribution >= 0.6 is 0 Å². The molecule has 40 valence electrons. The maximum absolute atomic E-state index is 6.93. The first kappa shape index (κ1) is 4.35. The summed E-state index contributed by atoms with van der Waals surface area (Å²) in [6.45, 7) is 0. The van der Waals surface area contributed by atoms with Crippen LogP contribution in [0.4, 0.5) is 0 Å². The number of nitrogens with zero attached hydrogens (tertiary/aromatic N) is 2. The first-order chi connectivity index (χ1) is 3.13. The summed E-state index contributed by atoms with van der Waals surface area (Å²) in [6.07, 6.45) is 0. The molecule has 0 fully saturated rings. The molecule has 0 aliphatic carbocycles. The van der Waals surface area contributed by atoms with Crippen LogP contribution in [0.15, 0.2) is 5.16 Å². The van der Waals surface area contributed by atoms with E-state index in [1.807, 2.05) is 0 Å². The van der Waals surface area contributed by atoms with Gasteiger partial charge in [0.05, 0.1) is 5.16 Å². The predicted octanol–water partition coefficient (Wildman–Crippen LogP) is -0.425. The molecule has 3 N–H and O–H groups in total. The molecule has 0 aromatic heterocycles. The summed E-state index contributed by atoms with van der Waals surface area (Å²) >= 11 is 0. The number of guanidine groups is 1. The maximum atomic E-state index is 6.93. The lowest BCUT2D eigenvalue weighted by Crippen LogP contribution is -2.53. The number of quaternary nitrogens is 1. The van der Waals surface area contributed by atoms with Crippen LogP contribution in [0.5, 0.6) is 0 Å². The zero-order valence-corrected chi connectivity index (χ0v) is 3.88. The van der Waals surface area contributed by atoms with Gasteiger partial charge in [-0.25, -0.2) is 0 Å². The predicted molar refractivity (Wildman–Crippen MR) is 23.2 cm³/mol. The van der Waals surface area contributed by atoms with Crippen LogP contribution in [0.25, 0.3) is 5.84 Å². The average molecular weight is 102 g/mol. The van der Waals surface area contributed by atoms with Crippen molar-refractivity contribution in [3.05, 3.63) is 5.84 Å². The lowest BCUT2D eigenvalue weighted by Gasteiger charge is -2.33. The molecule has 0 saturated heterocycles. The van der Waals surface area contributed by atoms with Gasteiger partial charge >= 0.3 is 5.96 Å². The summed E-state index contributed by atoms with van der Waals surface area (Å²) in [4.78, 5) is 4.30. The molecule has 7 heavy (non-hydrogen) atoms. The third-order valence-corrected chi connectivity index (χ3v) is 0.735. The van der Waals surface area contributed by atoms with Gasteiger partial charge < -0.3 is 11.6 Å². The second kappa shape index (κ2) is 0.877. The van der Waals surface area contributed by atoms with E-state index in [9.17, 15) is 0 Å². The van der Waals surface area contributed by atoms with Gasteiger partial charge in [-0.05, 0) is 0 Å². The molecule has 1 aliphatic heterocycles. The number of rotatable bonds is 0. The van der Waals surface area contributed by atoms with Gasteiger partial charge in [0.2, 0.25) is 0 Å². The number of hydrogen-bond acceptors (Lipinski definition) is 3. The molecular weight excluding hydrogens is 96.0 g/mol. The monoisotopic (exact) mass is 102 g/mol. The fraction of sp³-hybridized carbons (Fsp3) is 0.500. The minimum atomic E-state index is -0.486. The summed E-state index contributed by atoms with van der Waals surface area (Å²) < 4.78 is -0.486. The number of hydroxylamine groups is 2. The number of nitrogens with one attached hydrogen (secondary N) is 1. The average Bonchev–Trinajstić information content (AvgIpc) is 1.63. The highest BCUT2D eigenvalue weighted by molar-refractivity contribution is 5.71. The Balaban J connectivity index is 2.68. The molecule has 0 spiro atoms. The van der Waals surface area contributed by atoms with Crippen LogP contribution < -0.4 is 5.73 Å². The molecule has 1 unspecified atom stereocenters. The Bertz CT molecular complexity index is 117. The van der Waals surface area contributed by atoms with Crippen molar-refractivity contribution in [2.45, 2.75) is 0 Å². The van der Waals surface area contributed by atoms with E-state index in [0.29, 0.717) is 0 Å². The quantitative estimate of drug-likeness (QED) is 0.422. The van der Waals surface area contributed by atoms with Crippen LogP contribution in [0, 0.1) is 0 Å². The van der Waals surface area contributed by atoms with Crippen LogP contribution in [-0.2, 0) is 4.94 Å². The standard InChI is InChI=1S/C2H6N4O/c1-6(4)2(3)5-7-6/h4H,1H3,(H2,3,5). The molecule has 1 heterocycles. The first-order valence-electron chi connectivity index (χ1n) is 1.77. The maximum Gasteiger partial charge on any atom is 0.373 e. The summed E-state index contributed by atoms with van der Waals surface area (Å²) in [5.74, 6) is 7.11. The number of hydrogen-bond donors (Lipinski definition) is 1. The van der Waals surface area contributed by atoms with Crippen LogP contribution in [-0.4, -0.2) is 17.8 Å². The van der Waals surface area contributed by atoms with Gasteiger partial charge in [-0.2, -0.15) is 4.94 Å². The Hall–Kier alpha value is -0.810. The van der Waals surface area contributed by atoms with E-state index in [1.165, 1.54) is 7.05 Å². The normalized spacial score (nSPS) is 38.3. The molecule has 0 saturated carbocycles. The number of oxime groups is 1. The van der Waals surface area contributed by atoms with Gasteiger partial charge in [0, 0.05) is 0 Å². The van der Waals surface area contributed by atoms with Crippen molar-refractivity contribution in [3.8, 4) is 0 Å². The number of nitrogens with two attached hydrogens (primary N) is 1. The molecule has 5 heteroatoms. The summed E-state index contributed by atoms with van der Waals surface area (Å²) in [7, 11) is 1.47. The molecule has 1 atom stereocenters. The third-order valence-electron chi connectivity index (χ3n) is 0.735. The van der Waals surface area contributed by atoms with Crippen molar-refractivity contribution >= 4 is 5.96 Å². The minimum absolute atomic E-state index is 0.181. The molecule has 0 radical (unpaired) electrons. The Morgan fingerprint density at radius 1 is 2.00 bits per heavy atom. The van der Waals surface area contributed by atoms with Gasteiger partial charge in [-0.15, -0.1) is 4.76 Å². The summed E-state index contributed by atoms with van der Waals surface area (Å²) in [5, 5.41) is 3.20. The Labute approximate surface area is 40.6 Å². The van der Waals surface area contributed by atoms with E-state index in [0.717, 1.165) is 0 Å². The highest BCUT2D eigenvalue weighted by atomic mass is 16.9. The van der Waals surface area contributed by atoms with E-state index in [4.69, 9.17) is 11.6 Å². The summed E-state index contributed by atoms with van der Waals surface area (Å²) in [6, 6.07) is 0. The van der Waals surface area contributed by atoms with E-state index < -0.39 is 4.76 Å². The molecule has 0 aromatic carbocycles. The smallest absolute Gasteiger partial charge is 0.373 e. The van der Waals surface area contributed by atoms with Gasteiger partial charge in [-0.1, -0.05) is 0 Å². The zero-order chi connectivity index (χ0) is 5.49. The van der Waals surface area contributed by atoms with Crippen molar-refractivity contribution in [1.29, 1.82) is 0 Å². The van der Waals surface area contributed by atoms with Gasteiger partial charge in [-0.3, -0.25) is 0 Å². The molecule has 1 rings (SSSR count). The SMILES string of the molecule is C[N+]1([NH-])ON=C1N. The van der Waals surface area contributed by atoms with Crippen molar-refractivity contribution in [2.75, 3.05) is 7.05 Å². The molecule has 5 nitrogen and oxygen atoms in total. The third kappa shape index (κ3) is 0.422. The molecule has 0 amide bonds. The van der Waals surface area contributed by atoms with Gasteiger partial charge in [0.15, 0.2) is 0 Å². The Morgan fingerprint density at radius 2 is 2.43 bits per heavy atom. The van der Waals surface area contributed by atoms with E-state index >= 15 is 0 Å². The fourth-order valence-corrected chi connectivity index (χ4v) is 0.210. The van der Waals surface area contributed by atoms with E-state index in [1.54, 1.807) is 0 Å². The second-order valence-electron chi connectivity index (χ2n) is 1.46. The zero-order valence-electron chi connectivity index (χ0n) is 3.88. The van der Waals surface area contributed by atoms with Crippen LogP contribution in [0.3, 0.4) is 0 Å². The summed E-state index contributed by atoms with van der Waals surface area (Å²) in [5.41, 5.74) is 5.07. The molecule has 0 aromatic rings. The topological polar surface area (TPSA) is 71.4 Å². The largest absolute Gasteiger partial charge is 0.412 e. The molecule has 0 bridgehead atoms. The van der Waals surface area contributed by atoms with Crippen molar-refractivity contribution < 1.29 is 9.69 Å². The lowest BCUT2D eigenvalue weighted by atomic mass is 10.9. The van der Waals surface area contributed by atoms with Crippen molar-refractivity contribution in [2.24, 2.45) is 10.9 Å². The Morgan fingerprint density at radius 3 is 2.43 bits per heavy atom. The fourth-order valence-electron chi connectivity index (χ4n) is 0.210. The van der Waals surface area contributed by atoms with Gasteiger partial charge in [0.1, 0.15) is 7.05 Å².